The van der Waals surface area contributed by atoms with E-state index in [9.17, 15) is 0 Å². The summed E-state index contributed by atoms with van der Waals surface area (Å²) >= 11 is 5.92. The first kappa shape index (κ1) is 23.2. The van der Waals surface area contributed by atoms with E-state index in [0.717, 1.165) is 34.2 Å². The third kappa shape index (κ3) is 4.23. The van der Waals surface area contributed by atoms with Crippen molar-refractivity contribution < 1.29 is 0 Å². The molecule has 3 aromatic heterocycles. The van der Waals surface area contributed by atoms with Gasteiger partial charge in [-0.05, 0) is 92.0 Å². The molecule has 0 unspecified atom stereocenters. The fourth-order valence-electron chi connectivity index (χ4n) is 5.00. The van der Waals surface area contributed by atoms with E-state index in [2.05, 4.69) is 97.9 Å². The van der Waals surface area contributed by atoms with Crippen LogP contribution < -0.4 is 10.2 Å². The number of hydrogen-bond donors (Lipinski definition) is 1. The summed E-state index contributed by atoms with van der Waals surface area (Å²) in [5.74, 6) is 1.40. The van der Waals surface area contributed by atoms with Gasteiger partial charge in [-0.3, -0.25) is 4.98 Å². The molecule has 178 valence electrons. The summed E-state index contributed by atoms with van der Waals surface area (Å²) in [5.41, 5.74) is 8.01. The van der Waals surface area contributed by atoms with Crippen LogP contribution in [0.3, 0.4) is 0 Å². The molecule has 6 heteroatoms. The monoisotopic (exact) mass is 481 g/mol. The predicted molar refractivity (Wildman–Crippen MR) is 146 cm³/mol. The molecule has 0 spiro atoms. The first-order chi connectivity index (χ1) is 16.8. The van der Waals surface area contributed by atoms with Crippen LogP contribution in [0, 0.1) is 20.8 Å². The van der Waals surface area contributed by atoms with Gasteiger partial charge >= 0.3 is 0 Å². The van der Waals surface area contributed by atoms with E-state index in [1.807, 2.05) is 24.5 Å². The van der Waals surface area contributed by atoms with Gasteiger partial charge in [-0.15, -0.1) is 0 Å². The molecule has 0 radical (unpaired) electrons. The highest BCUT2D eigenvalue weighted by atomic mass is 32.1. The number of aryl methyl sites for hydroxylation is 2. The molecule has 1 saturated heterocycles. The lowest BCUT2D eigenvalue weighted by molar-refractivity contribution is 0.565. The lowest BCUT2D eigenvalue weighted by Gasteiger charge is -2.28. The number of thiocarbonyl (C=S) groups is 1. The Hall–Kier alpha value is -3.51. The van der Waals surface area contributed by atoms with Crippen molar-refractivity contribution in [2.24, 2.45) is 0 Å². The minimum atomic E-state index is -0.0756. The van der Waals surface area contributed by atoms with E-state index in [-0.39, 0.29) is 12.1 Å². The van der Waals surface area contributed by atoms with Gasteiger partial charge in [0.2, 0.25) is 0 Å². The molecule has 0 aliphatic carbocycles. The molecule has 1 fully saturated rings. The molecule has 5 nitrogen and oxygen atoms in total. The Morgan fingerprint density at radius 3 is 2.34 bits per heavy atom. The first-order valence-electron chi connectivity index (χ1n) is 12.1. The highest BCUT2D eigenvalue weighted by Gasteiger charge is 2.42. The maximum Gasteiger partial charge on any atom is 0.174 e. The van der Waals surface area contributed by atoms with Crippen molar-refractivity contribution in [1.82, 2.24) is 19.9 Å². The van der Waals surface area contributed by atoms with Crippen molar-refractivity contribution in [2.45, 2.75) is 52.6 Å². The van der Waals surface area contributed by atoms with E-state index < -0.39 is 0 Å². The molecular weight excluding hydrogens is 450 g/mol. The second-order valence-electron chi connectivity index (χ2n) is 9.60. The normalized spacial score (nSPS) is 17.8. The van der Waals surface area contributed by atoms with Gasteiger partial charge in [0.15, 0.2) is 5.11 Å². The number of benzene rings is 1. The number of nitrogens with one attached hydrogen (secondary N) is 1. The van der Waals surface area contributed by atoms with Crippen LogP contribution in [-0.2, 0) is 0 Å². The highest BCUT2D eigenvalue weighted by molar-refractivity contribution is 7.80. The third-order valence-corrected chi connectivity index (χ3v) is 7.16. The van der Waals surface area contributed by atoms with Crippen molar-refractivity contribution in [3.8, 4) is 5.82 Å². The Bertz CT molecular complexity index is 1340. The first-order valence-corrected chi connectivity index (χ1v) is 12.5. The quantitative estimate of drug-likeness (QED) is 0.330. The van der Waals surface area contributed by atoms with Gasteiger partial charge in [0, 0.05) is 29.5 Å². The van der Waals surface area contributed by atoms with Crippen LogP contribution in [0.15, 0.2) is 73.1 Å². The topological polar surface area (TPSA) is 46.0 Å². The van der Waals surface area contributed by atoms with Crippen molar-refractivity contribution in [2.75, 3.05) is 4.90 Å². The number of aromatic nitrogens is 3. The number of anilines is 1. The zero-order chi connectivity index (χ0) is 24.7. The summed E-state index contributed by atoms with van der Waals surface area (Å²) in [4.78, 5) is 11.6. The van der Waals surface area contributed by atoms with Crippen molar-refractivity contribution in [3.63, 3.8) is 0 Å². The van der Waals surface area contributed by atoms with Gasteiger partial charge in [0.25, 0.3) is 0 Å². The Balaban J connectivity index is 1.65. The third-order valence-electron chi connectivity index (χ3n) is 6.85. The lowest BCUT2D eigenvalue weighted by Crippen LogP contribution is -2.29. The molecule has 0 amide bonds. The fraction of sp³-hybridized carbons (Fsp3) is 0.276. The highest BCUT2D eigenvalue weighted by Crippen LogP contribution is 2.43. The minimum absolute atomic E-state index is 0.0484. The summed E-state index contributed by atoms with van der Waals surface area (Å²) in [7, 11) is 0. The predicted octanol–water partition coefficient (Wildman–Crippen LogP) is 6.49. The number of nitrogens with zero attached hydrogens (tertiary/aromatic N) is 4. The summed E-state index contributed by atoms with van der Waals surface area (Å²) in [6, 6.07) is 21.1. The van der Waals surface area contributed by atoms with Crippen molar-refractivity contribution in [1.29, 1.82) is 0 Å². The summed E-state index contributed by atoms with van der Waals surface area (Å²) in [5, 5.41) is 4.29. The van der Waals surface area contributed by atoms with Crippen LogP contribution in [-0.4, -0.2) is 19.6 Å². The number of hydrogen-bond acceptors (Lipinski definition) is 3. The minimum Gasteiger partial charge on any atom is -0.351 e. The molecule has 4 aromatic rings. The Labute approximate surface area is 212 Å². The van der Waals surface area contributed by atoms with Gasteiger partial charge < -0.3 is 14.8 Å². The van der Waals surface area contributed by atoms with E-state index in [4.69, 9.17) is 22.2 Å². The molecular formula is C29H31N5S. The SMILES string of the molecule is Cc1ccc(-n2c(C)cc([C@H]3[C@@H](c4ccccn4)NC(=S)N3c3ccc(C(C)C)cc3)c2C)nc1. The molecule has 1 aromatic carbocycles. The Morgan fingerprint density at radius 1 is 0.943 bits per heavy atom. The molecule has 35 heavy (non-hydrogen) atoms. The molecule has 4 heterocycles. The van der Waals surface area contributed by atoms with Crippen LogP contribution in [0.2, 0.25) is 0 Å². The van der Waals surface area contributed by atoms with Gasteiger partial charge in [-0.2, -0.15) is 0 Å². The summed E-state index contributed by atoms with van der Waals surface area (Å²) < 4.78 is 2.23. The molecule has 0 saturated carbocycles. The summed E-state index contributed by atoms with van der Waals surface area (Å²) in [6.07, 6.45) is 3.76. The Kier molecular flexibility index (Phi) is 6.15. The number of pyridine rings is 2. The van der Waals surface area contributed by atoms with E-state index in [1.165, 1.54) is 11.1 Å². The van der Waals surface area contributed by atoms with Gasteiger partial charge in [0.1, 0.15) is 5.82 Å². The molecule has 2 atom stereocenters. The van der Waals surface area contributed by atoms with E-state index >= 15 is 0 Å². The van der Waals surface area contributed by atoms with Crippen molar-refractivity contribution in [3.05, 3.63) is 107 Å². The second kappa shape index (κ2) is 9.27. The van der Waals surface area contributed by atoms with Crippen molar-refractivity contribution >= 4 is 23.0 Å². The van der Waals surface area contributed by atoms with Crippen LogP contribution in [0.4, 0.5) is 5.69 Å². The zero-order valence-corrected chi connectivity index (χ0v) is 21.7. The van der Waals surface area contributed by atoms with Crippen LogP contribution in [0.25, 0.3) is 5.82 Å². The van der Waals surface area contributed by atoms with Gasteiger partial charge in [-0.25, -0.2) is 4.98 Å². The molecule has 5 rings (SSSR count). The Morgan fingerprint density at radius 2 is 1.71 bits per heavy atom. The average molecular weight is 482 g/mol. The maximum atomic E-state index is 5.92. The number of rotatable bonds is 5. The smallest absolute Gasteiger partial charge is 0.174 e. The largest absolute Gasteiger partial charge is 0.351 e. The maximum absolute atomic E-state index is 5.92. The van der Waals surface area contributed by atoms with Crippen LogP contribution in [0.1, 0.15) is 65.6 Å². The van der Waals surface area contributed by atoms with Gasteiger partial charge in [0.05, 0.1) is 17.8 Å². The van der Waals surface area contributed by atoms with E-state index in [1.54, 1.807) is 0 Å². The molecule has 1 N–H and O–H groups in total. The molecule has 1 aliphatic rings. The molecule has 1 aliphatic heterocycles. The zero-order valence-electron chi connectivity index (χ0n) is 20.9. The fourth-order valence-corrected chi connectivity index (χ4v) is 5.35. The lowest BCUT2D eigenvalue weighted by atomic mass is 9.96. The standard InChI is InChI=1S/C29H31N5S/c1-18(2)22-10-12-23(13-11-22)34-28(27(32-29(34)35)25-8-6-7-15-30-25)24-16-20(4)33(21(24)5)26-14-9-19(3)17-31-26/h6-18,27-28H,1-5H3,(H,32,35)/t27-,28+/m1/s1. The van der Waals surface area contributed by atoms with Gasteiger partial charge in [-0.1, -0.05) is 38.1 Å². The van der Waals surface area contributed by atoms with Crippen LogP contribution >= 0.6 is 12.2 Å². The average Bonchev–Trinajstić information content (AvgIpc) is 3.35. The van der Waals surface area contributed by atoms with Crippen LogP contribution in [0.5, 0.6) is 0 Å². The summed E-state index contributed by atoms with van der Waals surface area (Å²) in [6.45, 7) is 10.8. The molecule has 0 bridgehead atoms. The van der Waals surface area contributed by atoms with E-state index in [0.29, 0.717) is 11.0 Å². The second-order valence-corrected chi connectivity index (χ2v) is 9.99.